The van der Waals surface area contributed by atoms with Crippen LogP contribution in [0.1, 0.15) is 22.3 Å². The molecule has 2 N–H and O–H groups in total. The second-order valence-electron chi connectivity index (χ2n) is 4.04. The van der Waals surface area contributed by atoms with Crippen LogP contribution in [0.2, 0.25) is 0 Å². The van der Waals surface area contributed by atoms with Gasteiger partial charge in [0.15, 0.2) is 0 Å². The molecule has 1 aromatic carbocycles. The molecule has 1 aromatic rings. The maximum absolute atomic E-state index is 13.6. The number of carbonyl (C=O) groups excluding carboxylic acids is 1. The van der Waals surface area contributed by atoms with Gasteiger partial charge < -0.3 is 10.4 Å². The summed E-state index contributed by atoms with van der Waals surface area (Å²) in [6.45, 7) is 0.0482. The molecule has 0 aliphatic heterocycles. The molecule has 0 spiro atoms. The number of halogens is 1. The first-order valence-electron chi connectivity index (χ1n) is 6.02. The molecule has 108 valence electrons. The van der Waals surface area contributed by atoms with E-state index in [9.17, 15) is 13.4 Å². The first kappa shape index (κ1) is 16.3. The molecule has 0 saturated carbocycles. The third kappa shape index (κ3) is 5.51. The lowest BCUT2D eigenvalue weighted by atomic mass is 10.1. The van der Waals surface area contributed by atoms with E-state index in [4.69, 9.17) is 5.11 Å². The third-order valence-corrected chi connectivity index (χ3v) is 3.29. The van der Waals surface area contributed by atoms with Crippen LogP contribution >= 0.6 is 0 Å². The fourth-order valence-electron chi connectivity index (χ4n) is 1.47. The molecule has 4 nitrogen and oxygen atoms in total. The van der Waals surface area contributed by atoms with Gasteiger partial charge in [0.2, 0.25) is 0 Å². The molecule has 1 amide bonds. The van der Waals surface area contributed by atoms with Crippen LogP contribution in [0, 0.1) is 17.7 Å². The molecule has 1 rings (SSSR count). The molecule has 0 bridgehead atoms. The molecule has 0 fully saturated rings. The second-order valence-corrected chi connectivity index (χ2v) is 5.60. The molecule has 0 aromatic heterocycles. The number of aliphatic hydroxyl groups is 1. The van der Waals surface area contributed by atoms with Crippen molar-refractivity contribution in [2.45, 2.75) is 6.42 Å². The highest BCUT2D eigenvalue weighted by atomic mass is 32.2. The van der Waals surface area contributed by atoms with E-state index in [1.54, 1.807) is 6.26 Å². The molecule has 1 atom stereocenters. The molecule has 0 aliphatic carbocycles. The number of benzene rings is 1. The Morgan fingerprint density at radius 1 is 1.50 bits per heavy atom. The summed E-state index contributed by atoms with van der Waals surface area (Å²) in [5.74, 6) is 4.33. The van der Waals surface area contributed by atoms with E-state index in [2.05, 4.69) is 17.2 Å². The third-order valence-electron chi connectivity index (χ3n) is 2.43. The Hall–Kier alpha value is -1.71. The van der Waals surface area contributed by atoms with Crippen molar-refractivity contribution in [1.29, 1.82) is 0 Å². The van der Waals surface area contributed by atoms with E-state index in [0.29, 0.717) is 18.7 Å². The minimum atomic E-state index is -0.882. The fraction of sp³-hybridized carbons (Fsp3) is 0.357. The SMILES string of the molecule is CS(=O)CCCNC(=O)c1ccc(C#CCO)c(F)c1. The summed E-state index contributed by atoms with van der Waals surface area (Å²) in [5.41, 5.74) is 0.339. The van der Waals surface area contributed by atoms with Gasteiger partial charge in [-0.05, 0) is 24.6 Å². The van der Waals surface area contributed by atoms with Crippen LogP contribution in [-0.2, 0) is 10.8 Å². The normalized spacial score (nSPS) is 11.3. The predicted octanol–water partition coefficient (Wildman–Crippen LogP) is 0.668. The lowest BCUT2D eigenvalue weighted by molar-refractivity contribution is 0.0953. The lowest BCUT2D eigenvalue weighted by Gasteiger charge is -2.05. The van der Waals surface area contributed by atoms with Gasteiger partial charge in [0.1, 0.15) is 12.4 Å². The van der Waals surface area contributed by atoms with Crippen LogP contribution in [0.5, 0.6) is 0 Å². The minimum Gasteiger partial charge on any atom is -0.384 e. The van der Waals surface area contributed by atoms with Gasteiger partial charge in [0, 0.05) is 34.9 Å². The number of carbonyl (C=O) groups is 1. The van der Waals surface area contributed by atoms with E-state index < -0.39 is 16.6 Å². The highest BCUT2D eigenvalue weighted by Crippen LogP contribution is 2.09. The average molecular weight is 297 g/mol. The van der Waals surface area contributed by atoms with Crippen molar-refractivity contribution in [3.63, 3.8) is 0 Å². The van der Waals surface area contributed by atoms with E-state index in [1.165, 1.54) is 12.1 Å². The van der Waals surface area contributed by atoms with Gasteiger partial charge in [0.25, 0.3) is 5.91 Å². The number of aliphatic hydroxyl groups excluding tert-OH is 1. The van der Waals surface area contributed by atoms with E-state index in [0.717, 1.165) is 6.07 Å². The van der Waals surface area contributed by atoms with Gasteiger partial charge in [-0.1, -0.05) is 11.8 Å². The van der Waals surface area contributed by atoms with Crippen molar-refractivity contribution in [3.05, 3.63) is 35.1 Å². The van der Waals surface area contributed by atoms with E-state index >= 15 is 0 Å². The van der Waals surface area contributed by atoms with Crippen LogP contribution in [-0.4, -0.2) is 40.4 Å². The molecule has 6 heteroatoms. The molecular weight excluding hydrogens is 281 g/mol. The largest absolute Gasteiger partial charge is 0.384 e. The van der Waals surface area contributed by atoms with Crippen LogP contribution in [0.15, 0.2) is 18.2 Å². The zero-order valence-corrected chi connectivity index (χ0v) is 11.9. The van der Waals surface area contributed by atoms with E-state index in [-0.39, 0.29) is 23.6 Å². The van der Waals surface area contributed by atoms with Crippen molar-refractivity contribution in [2.24, 2.45) is 0 Å². The Morgan fingerprint density at radius 2 is 2.25 bits per heavy atom. The van der Waals surface area contributed by atoms with Crippen molar-refractivity contribution in [1.82, 2.24) is 5.32 Å². The summed E-state index contributed by atoms with van der Waals surface area (Å²) in [5, 5.41) is 11.2. The molecule has 0 aliphatic rings. The summed E-state index contributed by atoms with van der Waals surface area (Å²) in [6, 6.07) is 3.97. The quantitative estimate of drug-likeness (QED) is 0.620. The molecule has 0 heterocycles. The van der Waals surface area contributed by atoms with Crippen LogP contribution in [0.25, 0.3) is 0 Å². The Balaban J connectivity index is 2.61. The standard InChI is InChI=1S/C14H16FNO3S/c1-20(19)9-3-7-16-14(18)12-6-5-11(4-2-8-17)13(15)10-12/h5-6,10,17H,3,7-9H2,1H3,(H,16,18). The first-order chi connectivity index (χ1) is 9.54. The smallest absolute Gasteiger partial charge is 0.251 e. The van der Waals surface area contributed by atoms with Crippen LogP contribution < -0.4 is 5.32 Å². The highest BCUT2D eigenvalue weighted by molar-refractivity contribution is 7.84. The second kappa shape index (κ2) is 8.46. The molecule has 0 saturated heterocycles. The van der Waals surface area contributed by atoms with Crippen molar-refractivity contribution >= 4 is 16.7 Å². The number of hydrogen-bond acceptors (Lipinski definition) is 3. The van der Waals surface area contributed by atoms with Crippen molar-refractivity contribution in [2.75, 3.05) is 25.2 Å². The number of nitrogens with one attached hydrogen (secondary N) is 1. The highest BCUT2D eigenvalue weighted by Gasteiger charge is 2.08. The van der Waals surface area contributed by atoms with Crippen molar-refractivity contribution < 1.29 is 18.5 Å². The molecule has 0 radical (unpaired) electrons. The number of amides is 1. The molecule has 20 heavy (non-hydrogen) atoms. The van der Waals surface area contributed by atoms with Gasteiger partial charge in [-0.3, -0.25) is 9.00 Å². The zero-order chi connectivity index (χ0) is 15.0. The maximum atomic E-state index is 13.6. The summed E-state index contributed by atoms with van der Waals surface area (Å²) in [7, 11) is -0.882. The van der Waals surface area contributed by atoms with Gasteiger partial charge in [-0.2, -0.15) is 0 Å². The van der Waals surface area contributed by atoms with Crippen molar-refractivity contribution in [3.8, 4) is 11.8 Å². The lowest BCUT2D eigenvalue weighted by Crippen LogP contribution is -2.25. The molecule has 1 unspecified atom stereocenters. The van der Waals surface area contributed by atoms with Gasteiger partial charge in [-0.15, -0.1) is 0 Å². The van der Waals surface area contributed by atoms with E-state index in [1.807, 2.05) is 0 Å². The number of rotatable bonds is 5. The Kier molecular flexibility index (Phi) is 6.91. The Morgan fingerprint density at radius 3 is 2.85 bits per heavy atom. The summed E-state index contributed by atoms with van der Waals surface area (Å²) in [4.78, 5) is 11.7. The fourth-order valence-corrected chi connectivity index (χ4v) is 2.02. The number of hydrogen-bond donors (Lipinski definition) is 2. The first-order valence-corrected chi connectivity index (χ1v) is 7.75. The Labute approximate surface area is 119 Å². The maximum Gasteiger partial charge on any atom is 0.251 e. The van der Waals surface area contributed by atoms with Gasteiger partial charge in [-0.25, -0.2) is 4.39 Å². The monoisotopic (exact) mass is 297 g/mol. The van der Waals surface area contributed by atoms with Crippen LogP contribution in [0.4, 0.5) is 4.39 Å². The summed E-state index contributed by atoms with van der Waals surface area (Å²) in [6.07, 6.45) is 2.21. The van der Waals surface area contributed by atoms with Crippen LogP contribution in [0.3, 0.4) is 0 Å². The van der Waals surface area contributed by atoms with Gasteiger partial charge >= 0.3 is 0 Å². The topological polar surface area (TPSA) is 66.4 Å². The minimum absolute atomic E-state index is 0.136. The molecular formula is C14H16FNO3S. The Bertz CT molecular complexity index is 563. The summed E-state index contributed by atoms with van der Waals surface area (Å²) >= 11 is 0. The zero-order valence-electron chi connectivity index (χ0n) is 11.1. The predicted molar refractivity (Wildman–Crippen MR) is 76.2 cm³/mol. The average Bonchev–Trinajstić information content (AvgIpc) is 2.41. The van der Waals surface area contributed by atoms with Gasteiger partial charge in [0.05, 0.1) is 5.56 Å². The summed E-state index contributed by atoms with van der Waals surface area (Å²) < 4.78 is 24.5.